The van der Waals surface area contributed by atoms with Crippen molar-refractivity contribution in [2.24, 2.45) is 0 Å². The van der Waals surface area contributed by atoms with Crippen LogP contribution in [-0.2, 0) is 45.0 Å². The summed E-state index contributed by atoms with van der Waals surface area (Å²) in [7, 11) is -3.71. The molecular formula is C30H35BrO10S2. The fourth-order valence-corrected chi connectivity index (χ4v) is 5.04. The van der Waals surface area contributed by atoms with E-state index in [4.69, 9.17) is 5.11 Å². The number of esters is 2. The molecule has 0 fully saturated rings. The van der Waals surface area contributed by atoms with Crippen molar-refractivity contribution in [2.45, 2.75) is 29.7 Å². The Labute approximate surface area is 261 Å². The van der Waals surface area contributed by atoms with Crippen LogP contribution in [0.25, 0.3) is 0 Å². The Kier molecular flexibility index (Phi) is 14.2. The Balaban J connectivity index is 0.000000326. The van der Waals surface area contributed by atoms with Gasteiger partial charge >= 0.3 is 17.9 Å². The van der Waals surface area contributed by atoms with Crippen LogP contribution in [0.2, 0.25) is 0 Å². The van der Waals surface area contributed by atoms with Gasteiger partial charge in [-0.3, -0.25) is 0 Å². The molecule has 3 aromatic carbocycles. The summed E-state index contributed by atoms with van der Waals surface area (Å²) < 4.78 is 53.3. The van der Waals surface area contributed by atoms with Gasteiger partial charge in [-0.15, -0.1) is 0 Å². The number of ether oxygens (including phenoxy) is 2. The van der Waals surface area contributed by atoms with Crippen molar-refractivity contribution < 1.29 is 45.8 Å². The average molecular weight is 700 g/mol. The van der Waals surface area contributed by atoms with E-state index in [1.54, 1.807) is 56.3 Å². The van der Waals surface area contributed by atoms with Gasteiger partial charge in [0.05, 0.1) is 41.4 Å². The van der Waals surface area contributed by atoms with Crippen LogP contribution < -0.4 is 0 Å². The molecule has 0 unspecified atom stereocenters. The lowest BCUT2D eigenvalue weighted by molar-refractivity contribution is 0.0592. The quantitative estimate of drug-likeness (QED) is 0.249. The third-order valence-electron chi connectivity index (χ3n) is 6.01. The molecule has 234 valence electrons. The molecule has 0 bridgehead atoms. The molecule has 10 nitrogen and oxygen atoms in total. The zero-order chi connectivity index (χ0) is 33.0. The predicted octanol–water partition coefficient (Wildman–Crippen LogP) is 5.05. The first-order valence-corrected chi connectivity index (χ1v) is 17.5. The van der Waals surface area contributed by atoms with E-state index in [-0.39, 0.29) is 17.3 Å². The van der Waals surface area contributed by atoms with E-state index < -0.39 is 36.4 Å². The van der Waals surface area contributed by atoms with Crippen LogP contribution in [0.3, 0.4) is 0 Å². The van der Waals surface area contributed by atoms with Gasteiger partial charge in [-0.05, 0) is 66.9 Å². The fourth-order valence-electron chi connectivity index (χ4n) is 3.35. The Bertz CT molecular complexity index is 1650. The number of hydrogen-bond acceptors (Lipinski definition) is 9. The maximum atomic E-state index is 11.6. The lowest BCUT2D eigenvalue weighted by atomic mass is 10.00. The summed E-state index contributed by atoms with van der Waals surface area (Å²) in [5.74, 6) is -1.90. The summed E-state index contributed by atoms with van der Waals surface area (Å²) in [5, 5.41) is 9.58. The molecule has 0 aliphatic rings. The van der Waals surface area contributed by atoms with Gasteiger partial charge in [-0.2, -0.15) is 0 Å². The number of carbonyl (C=O) groups is 3. The highest BCUT2D eigenvalue weighted by atomic mass is 79.9. The third-order valence-corrected chi connectivity index (χ3v) is 9.61. The van der Waals surface area contributed by atoms with Crippen molar-refractivity contribution in [3.8, 4) is 0 Å². The second kappa shape index (κ2) is 16.3. The molecule has 0 aromatic heterocycles. The normalized spacial score (nSPS) is 11.1. The van der Waals surface area contributed by atoms with Crippen LogP contribution in [0.15, 0.2) is 72.8 Å². The molecular weight excluding hydrogens is 664 g/mol. The minimum atomic E-state index is -3.29. The molecule has 43 heavy (non-hydrogen) atoms. The molecule has 0 saturated heterocycles. The Morgan fingerprint density at radius 3 is 1.60 bits per heavy atom. The number of benzene rings is 3. The van der Waals surface area contributed by atoms with Crippen LogP contribution in [0.1, 0.15) is 61.6 Å². The minimum Gasteiger partial charge on any atom is -0.478 e. The van der Waals surface area contributed by atoms with Gasteiger partial charge in [0.2, 0.25) is 0 Å². The number of carbonyl (C=O) groups excluding carboxylic acids is 2. The van der Waals surface area contributed by atoms with E-state index in [0.29, 0.717) is 22.3 Å². The summed E-state index contributed by atoms with van der Waals surface area (Å²) in [6, 6.07) is 19.7. The number of hydrogen-bond donors (Lipinski definition) is 1. The van der Waals surface area contributed by atoms with Gasteiger partial charge in [-0.1, -0.05) is 52.3 Å². The summed E-state index contributed by atoms with van der Waals surface area (Å²) in [6.45, 7) is 3.12. The van der Waals surface area contributed by atoms with Gasteiger partial charge in [0.1, 0.15) is 0 Å². The van der Waals surface area contributed by atoms with Crippen LogP contribution >= 0.6 is 15.9 Å². The lowest BCUT2D eigenvalue weighted by Gasteiger charge is -2.23. The molecule has 0 aliphatic carbocycles. The molecule has 0 radical (unpaired) electrons. The Morgan fingerprint density at radius 2 is 1.19 bits per heavy atom. The number of aromatic carboxylic acids is 1. The van der Waals surface area contributed by atoms with E-state index in [1.165, 1.54) is 32.4 Å². The topological polar surface area (TPSA) is 158 Å². The summed E-state index contributed by atoms with van der Waals surface area (Å²) >= 11 is 3.31. The number of rotatable bonds is 8. The zero-order valence-corrected chi connectivity index (χ0v) is 27.9. The molecule has 0 amide bonds. The molecule has 0 saturated carbocycles. The first kappa shape index (κ1) is 37.5. The second-order valence-corrected chi connectivity index (χ2v) is 15.0. The number of sulfone groups is 2. The van der Waals surface area contributed by atoms with Crippen molar-refractivity contribution >= 4 is 53.5 Å². The standard InChI is InChI=1S/C11H14O4S.C10H12O4S.C9H9BrO2/c1-11(2,16(3,14)15)9-6-4-5-8(7-9)10(12)13;1-14-10(11)9-5-3-4-8(6-9)7-15(2,12)13;1-12-9(11)8-4-2-3-7(5-8)6-10/h4-7H,1-3H3,(H,12,13);3-6H,7H2,1-2H3;2-5H,6H2,1H3. The van der Waals surface area contributed by atoms with Crippen LogP contribution in [0, 0.1) is 0 Å². The van der Waals surface area contributed by atoms with Crippen LogP contribution in [0.4, 0.5) is 0 Å². The first-order valence-electron chi connectivity index (χ1n) is 12.5. The monoisotopic (exact) mass is 698 g/mol. The van der Waals surface area contributed by atoms with Gasteiger partial charge in [0.15, 0.2) is 19.7 Å². The first-order chi connectivity index (χ1) is 19.9. The third kappa shape index (κ3) is 12.3. The number of carboxylic acid groups (broad SMARTS) is 1. The van der Waals surface area contributed by atoms with E-state index in [2.05, 4.69) is 25.4 Å². The predicted molar refractivity (Wildman–Crippen MR) is 168 cm³/mol. The van der Waals surface area contributed by atoms with Crippen molar-refractivity contribution in [1.82, 2.24) is 0 Å². The van der Waals surface area contributed by atoms with Gasteiger partial charge in [0.25, 0.3) is 0 Å². The zero-order valence-electron chi connectivity index (χ0n) is 24.7. The maximum Gasteiger partial charge on any atom is 0.337 e. The highest BCUT2D eigenvalue weighted by Crippen LogP contribution is 2.29. The summed E-state index contributed by atoms with van der Waals surface area (Å²) in [5.41, 5.74) is 3.18. The maximum absolute atomic E-state index is 11.6. The molecule has 13 heteroatoms. The van der Waals surface area contributed by atoms with Crippen molar-refractivity contribution in [1.29, 1.82) is 0 Å². The van der Waals surface area contributed by atoms with E-state index in [0.717, 1.165) is 23.4 Å². The average Bonchev–Trinajstić information content (AvgIpc) is 2.95. The molecule has 1 N–H and O–H groups in total. The molecule has 0 heterocycles. The van der Waals surface area contributed by atoms with Crippen molar-refractivity contribution in [3.05, 3.63) is 106 Å². The minimum absolute atomic E-state index is 0.0716. The lowest BCUT2D eigenvalue weighted by Crippen LogP contribution is -2.28. The van der Waals surface area contributed by atoms with E-state index in [9.17, 15) is 31.2 Å². The number of alkyl halides is 1. The van der Waals surface area contributed by atoms with Crippen molar-refractivity contribution in [3.63, 3.8) is 0 Å². The van der Waals surface area contributed by atoms with Gasteiger partial charge in [0, 0.05) is 17.8 Å². The van der Waals surface area contributed by atoms with E-state index in [1.807, 2.05) is 12.1 Å². The molecule has 3 aromatic rings. The van der Waals surface area contributed by atoms with Gasteiger partial charge in [-0.25, -0.2) is 31.2 Å². The smallest absolute Gasteiger partial charge is 0.337 e. The highest BCUT2D eigenvalue weighted by Gasteiger charge is 2.32. The number of carboxylic acids is 1. The Morgan fingerprint density at radius 1 is 0.744 bits per heavy atom. The molecule has 3 rings (SSSR count). The number of methoxy groups -OCH3 is 2. The Hall–Kier alpha value is -3.55. The number of halogens is 1. The molecule has 0 spiro atoms. The van der Waals surface area contributed by atoms with Crippen LogP contribution in [0.5, 0.6) is 0 Å². The van der Waals surface area contributed by atoms with Crippen molar-refractivity contribution in [2.75, 3.05) is 26.7 Å². The SMILES string of the molecule is CC(C)(c1cccc(C(=O)O)c1)S(C)(=O)=O.COC(=O)c1cccc(CBr)c1.COC(=O)c1cccc(CS(C)(=O)=O)c1. The molecule has 0 aliphatic heterocycles. The molecule has 0 atom stereocenters. The fraction of sp³-hybridized carbons (Fsp3) is 0.300. The van der Waals surface area contributed by atoms with Gasteiger partial charge < -0.3 is 14.6 Å². The highest BCUT2D eigenvalue weighted by molar-refractivity contribution is 9.08. The van der Waals surface area contributed by atoms with E-state index >= 15 is 0 Å². The summed E-state index contributed by atoms with van der Waals surface area (Å²) in [4.78, 5) is 33.0. The summed E-state index contributed by atoms with van der Waals surface area (Å²) in [6.07, 6.45) is 2.29. The largest absolute Gasteiger partial charge is 0.478 e. The van der Waals surface area contributed by atoms with Crippen LogP contribution in [-0.4, -0.2) is 66.6 Å². The second-order valence-electron chi connectivity index (χ2n) is 9.76.